The highest BCUT2D eigenvalue weighted by Crippen LogP contribution is 2.55. The van der Waals surface area contributed by atoms with Gasteiger partial charge < -0.3 is 9.80 Å². The van der Waals surface area contributed by atoms with Crippen molar-refractivity contribution in [3.8, 4) is 44.5 Å². The van der Waals surface area contributed by atoms with Crippen molar-refractivity contribution in [2.75, 3.05) is 9.80 Å². The molecule has 3 aliphatic carbocycles. The lowest BCUT2D eigenvalue weighted by Gasteiger charge is -2.30. The number of hydrogen-bond acceptors (Lipinski definition) is 2. The van der Waals surface area contributed by atoms with Gasteiger partial charge in [0.2, 0.25) is 0 Å². The molecule has 1 heterocycles. The van der Waals surface area contributed by atoms with Crippen LogP contribution in [0.15, 0.2) is 230 Å². The molecule has 1 atom stereocenters. The van der Waals surface area contributed by atoms with Gasteiger partial charge in [-0.1, -0.05) is 185 Å². The predicted molar refractivity (Wildman–Crippen MR) is 286 cm³/mol. The van der Waals surface area contributed by atoms with Gasteiger partial charge in [0.25, 0.3) is 0 Å². The summed E-state index contributed by atoms with van der Waals surface area (Å²) in [5, 5.41) is 0. The molecular formula is C66H52N2. The number of anilines is 5. The van der Waals surface area contributed by atoms with Crippen LogP contribution >= 0.6 is 0 Å². The van der Waals surface area contributed by atoms with Crippen molar-refractivity contribution >= 4 is 34.0 Å². The summed E-state index contributed by atoms with van der Waals surface area (Å²) in [6, 6.07) is 79.1. The SMILES string of the molecule is CC1(C)c2ccccc2-c2ccc(N(c3ccc(-c4ccc(C5=CC=C6C(C5)c5ccccc5N6c5ccccc5)cc4)cc3)c3ccc4c(c3)C(C)(C)c3cc(-c5ccccc5)ccc3-4)cc21. The summed E-state index contributed by atoms with van der Waals surface area (Å²) < 4.78 is 0. The van der Waals surface area contributed by atoms with E-state index in [2.05, 4.69) is 262 Å². The topological polar surface area (TPSA) is 6.48 Å². The molecule has 0 fully saturated rings. The van der Waals surface area contributed by atoms with Gasteiger partial charge in [0.15, 0.2) is 0 Å². The molecule has 1 unspecified atom stereocenters. The molecule has 13 rings (SSSR count). The molecule has 9 aromatic rings. The third kappa shape index (κ3) is 6.24. The Bertz CT molecular complexity index is 3520. The number of rotatable bonds is 7. The van der Waals surface area contributed by atoms with Gasteiger partial charge in [-0.15, -0.1) is 0 Å². The molecule has 0 amide bonds. The van der Waals surface area contributed by atoms with E-state index in [-0.39, 0.29) is 10.8 Å². The molecule has 0 saturated heterocycles. The third-order valence-corrected chi connectivity index (χ3v) is 15.6. The van der Waals surface area contributed by atoms with E-state index in [0.29, 0.717) is 5.92 Å². The lowest BCUT2D eigenvalue weighted by Crippen LogP contribution is -2.18. The van der Waals surface area contributed by atoms with Crippen LogP contribution in [-0.4, -0.2) is 0 Å². The summed E-state index contributed by atoms with van der Waals surface area (Å²) in [4.78, 5) is 4.91. The molecule has 1 aliphatic heterocycles. The highest BCUT2D eigenvalue weighted by molar-refractivity contribution is 5.90. The van der Waals surface area contributed by atoms with Crippen molar-refractivity contribution in [2.45, 2.75) is 50.9 Å². The Morgan fingerprint density at radius 3 is 1.57 bits per heavy atom. The molecular weight excluding hydrogens is 821 g/mol. The summed E-state index contributed by atoms with van der Waals surface area (Å²) in [6.45, 7) is 9.52. The zero-order valence-corrected chi connectivity index (χ0v) is 39.0. The van der Waals surface area contributed by atoms with Crippen LogP contribution in [0.3, 0.4) is 0 Å². The summed E-state index contributed by atoms with van der Waals surface area (Å²) in [5.41, 5.74) is 26.8. The standard InChI is InChI=1S/C66H52N2/c1-65(2)59-21-13-11-19-53(59)55-36-33-51(41-61(55)65)67(52-34-37-56-54-35-29-48(43-15-7-5-8-16-43)40-60(54)66(3,4)62(56)42-52)50-31-27-45(28-32-50)44-23-25-46(26-24-44)47-30-38-64-58(39-47)57-20-12-14-22-63(57)68(64)49-17-9-6-10-18-49/h5-38,40-42,58H,39H2,1-4H3. The van der Waals surface area contributed by atoms with Crippen LogP contribution in [0, 0.1) is 0 Å². The minimum absolute atomic E-state index is 0.113. The molecule has 0 spiro atoms. The minimum Gasteiger partial charge on any atom is -0.313 e. The van der Waals surface area contributed by atoms with Crippen LogP contribution in [0.25, 0.3) is 50.1 Å². The minimum atomic E-state index is -0.176. The first-order valence-corrected chi connectivity index (χ1v) is 24.2. The zero-order chi connectivity index (χ0) is 45.7. The largest absolute Gasteiger partial charge is 0.313 e. The Kier molecular flexibility index (Phi) is 9.08. The van der Waals surface area contributed by atoms with Crippen molar-refractivity contribution in [1.82, 2.24) is 0 Å². The van der Waals surface area contributed by atoms with Crippen molar-refractivity contribution < 1.29 is 0 Å². The van der Waals surface area contributed by atoms with E-state index in [1.807, 2.05) is 0 Å². The summed E-state index contributed by atoms with van der Waals surface area (Å²) >= 11 is 0. The first-order valence-electron chi connectivity index (χ1n) is 24.2. The average molecular weight is 873 g/mol. The molecule has 68 heavy (non-hydrogen) atoms. The normalized spacial score (nSPS) is 16.4. The van der Waals surface area contributed by atoms with Gasteiger partial charge >= 0.3 is 0 Å². The second kappa shape index (κ2) is 15.3. The van der Waals surface area contributed by atoms with Crippen molar-refractivity contribution in [3.05, 3.63) is 264 Å². The number of para-hydroxylation sites is 2. The van der Waals surface area contributed by atoms with E-state index in [1.54, 1.807) is 0 Å². The summed E-state index contributed by atoms with van der Waals surface area (Å²) in [6.07, 6.45) is 5.66. The van der Waals surface area contributed by atoms with Crippen LogP contribution < -0.4 is 9.80 Å². The van der Waals surface area contributed by atoms with Crippen LogP contribution in [0.1, 0.15) is 73.4 Å². The smallest absolute Gasteiger partial charge is 0.0497 e. The van der Waals surface area contributed by atoms with Gasteiger partial charge in [-0.05, 0) is 157 Å². The fourth-order valence-corrected chi connectivity index (χ4v) is 12.0. The van der Waals surface area contributed by atoms with E-state index in [9.17, 15) is 0 Å². The zero-order valence-electron chi connectivity index (χ0n) is 39.0. The van der Waals surface area contributed by atoms with Crippen LogP contribution in [0.4, 0.5) is 28.4 Å². The van der Waals surface area contributed by atoms with Gasteiger partial charge in [0.05, 0.1) is 0 Å². The van der Waals surface area contributed by atoms with Crippen molar-refractivity contribution in [1.29, 1.82) is 0 Å². The van der Waals surface area contributed by atoms with E-state index >= 15 is 0 Å². The lowest BCUT2D eigenvalue weighted by molar-refractivity contribution is 0.660. The van der Waals surface area contributed by atoms with Crippen LogP contribution in [0.2, 0.25) is 0 Å². The predicted octanol–water partition coefficient (Wildman–Crippen LogP) is 17.7. The second-order valence-electron chi connectivity index (χ2n) is 20.1. The Balaban J connectivity index is 0.844. The molecule has 9 aromatic carbocycles. The fraction of sp³-hybridized carbons (Fsp3) is 0.121. The maximum atomic E-state index is 2.47. The molecule has 0 radical (unpaired) electrons. The average Bonchev–Trinajstić information content (AvgIpc) is 3.93. The Hall–Kier alpha value is -7.94. The number of allylic oxidation sites excluding steroid dienone is 4. The number of hydrogen-bond donors (Lipinski definition) is 0. The molecule has 0 N–H and O–H groups in total. The summed E-state index contributed by atoms with van der Waals surface area (Å²) in [7, 11) is 0. The fourth-order valence-electron chi connectivity index (χ4n) is 12.0. The number of nitrogens with zero attached hydrogens (tertiary/aromatic N) is 2. The van der Waals surface area contributed by atoms with Crippen molar-refractivity contribution in [2.24, 2.45) is 0 Å². The number of fused-ring (bicyclic) bond motifs is 9. The van der Waals surface area contributed by atoms with Gasteiger partial charge in [0.1, 0.15) is 0 Å². The Morgan fingerprint density at radius 2 is 0.882 bits per heavy atom. The molecule has 326 valence electrons. The van der Waals surface area contributed by atoms with Gasteiger partial charge in [-0.2, -0.15) is 0 Å². The van der Waals surface area contributed by atoms with Crippen LogP contribution in [-0.2, 0) is 10.8 Å². The Labute approximate surface area is 400 Å². The first-order chi connectivity index (χ1) is 33.2. The quantitative estimate of drug-likeness (QED) is 0.157. The highest BCUT2D eigenvalue weighted by atomic mass is 15.2. The Morgan fingerprint density at radius 1 is 0.397 bits per heavy atom. The van der Waals surface area contributed by atoms with E-state index in [0.717, 1.165) is 23.5 Å². The molecule has 4 aliphatic rings. The third-order valence-electron chi connectivity index (χ3n) is 15.6. The monoisotopic (exact) mass is 872 g/mol. The van der Waals surface area contributed by atoms with Crippen molar-refractivity contribution in [3.63, 3.8) is 0 Å². The van der Waals surface area contributed by atoms with Crippen LogP contribution in [0.5, 0.6) is 0 Å². The number of benzene rings is 9. The molecule has 2 heteroatoms. The molecule has 0 bridgehead atoms. The first kappa shape index (κ1) is 40.3. The van der Waals surface area contributed by atoms with E-state index < -0.39 is 0 Å². The summed E-state index contributed by atoms with van der Waals surface area (Å²) in [5.74, 6) is 0.327. The van der Waals surface area contributed by atoms with Gasteiger partial charge in [-0.3, -0.25) is 0 Å². The highest BCUT2D eigenvalue weighted by Gasteiger charge is 2.39. The molecule has 0 saturated carbocycles. The van der Waals surface area contributed by atoms with E-state index in [1.165, 1.54) is 101 Å². The second-order valence-corrected chi connectivity index (χ2v) is 20.1. The maximum Gasteiger partial charge on any atom is 0.0497 e. The maximum absolute atomic E-state index is 2.47. The molecule has 0 aromatic heterocycles. The lowest BCUT2D eigenvalue weighted by atomic mass is 9.81. The molecule has 2 nitrogen and oxygen atoms in total. The van der Waals surface area contributed by atoms with Gasteiger partial charge in [0, 0.05) is 50.9 Å². The van der Waals surface area contributed by atoms with E-state index in [4.69, 9.17) is 0 Å². The van der Waals surface area contributed by atoms with Gasteiger partial charge in [-0.25, -0.2) is 0 Å².